The van der Waals surface area contributed by atoms with E-state index in [1.165, 1.54) is 5.56 Å². The summed E-state index contributed by atoms with van der Waals surface area (Å²) in [4.78, 5) is 11.9. The van der Waals surface area contributed by atoms with E-state index in [0.29, 0.717) is 6.42 Å². The molecule has 1 aromatic carbocycles. The van der Waals surface area contributed by atoms with Gasteiger partial charge in [-0.15, -0.1) is 0 Å². The third kappa shape index (κ3) is 1.55. The van der Waals surface area contributed by atoms with Crippen molar-refractivity contribution in [2.45, 2.75) is 26.7 Å². The lowest BCUT2D eigenvalue weighted by molar-refractivity contribution is 0.0934. The van der Waals surface area contributed by atoms with E-state index >= 15 is 0 Å². The van der Waals surface area contributed by atoms with Crippen LogP contribution in [0.5, 0.6) is 0 Å². The summed E-state index contributed by atoms with van der Waals surface area (Å²) in [6, 6.07) is 6.09. The number of rotatable bonds is 0. The summed E-state index contributed by atoms with van der Waals surface area (Å²) in [7, 11) is 0. The molecular weight excluding hydrogens is 186 g/mol. The Balaban J connectivity index is 2.57. The number of carbonyl (C=O) groups is 1. The zero-order valence-electron chi connectivity index (χ0n) is 9.00. The van der Waals surface area contributed by atoms with E-state index < -0.39 is 5.92 Å². The van der Waals surface area contributed by atoms with E-state index in [-0.39, 0.29) is 5.78 Å². The van der Waals surface area contributed by atoms with E-state index in [9.17, 15) is 4.79 Å². The van der Waals surface area contributed by atoms with Gasteiger partial charge in [0.05, 0.1) is 6.07 Å². The Morgan fingerprint density at radius 3 is 2.80 bits per heavy atom. The molecule has 0 aromatic heterocycles. The lowest BCUT2D eigenvalue weighted by Crippen LogP contribution is -2.22. The summed E-state index contributed by atoms with van der Waals surface area (Å²) in [5, 5.41) is 8.85. The van der Waals surface area contributed by atoms with Crippen LogP contribution in [0.15, 0.2) is 12.1 Å². The first-order valence-electron chi connectivity index (χ1n) is 5.17. The number of ketones is 1. The first-order chi connectivity index (χ1) is 7.13. The average molecular weight is 199 g/mol. The zero-order chi connectivity index (χ0) is 11.0. The Labute approximate surface area is 89.5 Å². The van der Waals surface area contributed by atoms with Crippen molar-refractivity contribution < 1.29 is 4.79 Å². The number of carbonyl (C=O) groups excluding carboxylic acids is 1. The molecule has 1 aromatic rings. The molecule has 1 atom stereocenters. The summed E-state index contributed by atoms with van der Waals surface area (Å²) < 4.78 is 0. The largest absolute Gasteiger partial charge is 0.293 e. The third-order valence-corrected chi connectivity index (χ3v) is 3.04. The number of hydrogen-bond acceptors (Lipinski definition) is 2. The molecule has 2 heteroatoms. The van der Waals surface area contributed by atoms with Gasteiger partial charge in [0, 0.05) is 5.56 Å². The van der Waals surface area contributed by atoms with Crippen molar-refractivity contribution in [3.8, 4) is 6.07 Å². The summed E-state index contributed by atoms with van der Waals surface area (Å²) in [6.07, 6.45) is 1.53. The van der Waals surface area contributed by atoms with Crippen molar-refractivity contribution >= 4 is 5.78 Å². The summed E-state index contributed by atoms with van der Waals surface area (Å²) in [6.45, 7) is 4.02. The van der Waals surface area contributed by atoms with Crippen LogP contribution >= 0.6 is 0 Å². The molecule has 0 heterocycles. The number of aryl methyl sites for hydroxylation is 2. The van der Waals surface area contributed by atoms with E-state index in [2.05, 4.69) is 12.1 Å². The molecule has 76 valence electrons. The van der Waals surface area contributed by atoms with Gasteiger partial charge in [-0.2, -0.15) is 5.26 Å². The van der Waals surface area contributed by atoms with Gasteiger partial charge in [-0.1, -0.05) is 11.6 Å². The lowest BCUT2D eigenvalue weighted by atomic mass is 9.81. The minimum atomic E-state index is -0.432. The molecular formula is C13H13NO. The van der Waals surface area contributed by atoms with Gasteiger partial charge in [0.25, 0.3) is 0 Å². The average Bonchev–Trinajstić information content (AvgIpc) is 2.19. The van der Waals surface area contributed by atoms with Crippen LogP contribution in [0.4, 0.5) is 0 Å². The first kappa shape index (κ1) is 9.92. The fourth-order valence-electron chi connectivity index (χ4n) is 2.28. The van der Waals surface area contributed by atoms with Crippen LogP contribution in [0.2, 0.25) is 0 Å². The Hall–Kier alpha value is -1.62. The van der Waals surface area contributed by atoms with Crippen LogP contribution in [0.25, 0.3) is 0 Å². The molecule has 1 aliphatic rings. The van der Waals surface area contributed by atoms with Crippen molar-refractivity contribution in [3.63, 3.8) is 0 Å². The van der Waals surface area contributed by atoms with Crippen LogP contribution in [-0.4, -0.2) is 5.78 Å². The standard InChI is InChI=1S/C13H13NO/c1-8-5-9(2)11-4-3-10(7-14)13(15)12(11)6-8/h5-6,10H,3-4H2,1-2H3. The minimum absolute atomic E-state index is 0.00514. The van der Waals surface area contributed by atoms with Gasteiger partial charge in [-0.3, -0.25) is 4.79 Å². The topological polar surface area (TPSA) is 40.9 Å². The Morgan fingerprint density at radius 2 is 2.13 bits per heavy atom. The maximum Gasteiger partial charge on any atom is 0.180 e. The minimum Gasteiger partial charge on any atom is -0.293 e. The second-order valence-electron chi connectivity index (χ2n) is 4.19. The molecule has 1 aliphatic carbocycles. The number of fused-ring (bicyclic) bond motifs is 1. The Morgan fingerprint density at radius 1 is 1.40 bits per heavy atom. The number of Topliss-reactive ketones (excluding diaryl/α,β-unsaturated/α-hetero) is 1. The molecule has 0 saturated carbocycles. The van der Waals surface area contributed by atoms with Crippen molar-refractivity contribution in [2.24, 2.45) is 5.92 Å². The summed E-state index contributed by atoms with van der Waals surface area (Å²) in [5.41, 5.74) is 4.18. The van der Waals surface area contributed by atoms with Crippen molar-refractivity contribution in [1.82, 2.24) is 0 Å². The van der Waals surface area contributed by atoms with Crippen molar-refractivity contribution in [3.05, 3.63) is 34.4 Å². The third-order valence-electron chi connectivity index (χ3n) is 3.04. The van der Waals surface area contributed by atoms with Crippen LogP contribution in [0.1, 0.15) is 33.5 Å². The highest BCUT2D eigenvalue weighted by Crippen LogP contribution is 2.28. The quantitative estimate of drug-likeness (QED) is 0.644. The van der Waals surface area contributed by atoms with Crippen LogP contribution in [0, 0.1) is 31.1 Å². The van der Waals surface area contributed by atoms with Gasteiger partial charge in [0.15, 0.2) is 5.78 Å². The Bertz CT molecular complexity index is 468. The maximum atomic E-state index is 11.9. The van der Waals surface area contributed by atoms with E-state index in [1.54, 1.807) is 0 Å². The lowest BCUT2D eigenvalue weighted by Gasteiger charge is -2.20. The number of hydrogen-bond donors (Lipinski definition) is 0. The second kappa shape index (κ2) is 3.51. The molecule has 0 N–H and O–H groups in total. The van der Waals surface area contributed by atoms with Gasteiger partial charge in [0.1, 0.15) is 5.92 Å². The van der Waals surface area contributed by atoms with Gasteiger partial charge in [-0.25, -0.2) is 0 Å². The number of benzene rings is 1. The predicted octanol–water partition coefficient (Wildman–Crippen LogP) is 2.57. The fraction of sp³-hybridized carbons (Fsp3) is 0.385. The van der Waals surface area contributed by atoms with Crippen LogP contribution in [0.3, 0.4) is 0 Å². The molecule has 0 radical (unpaired) electrons. The molecule has 15 heavy (non-hydrogen) atoms. The first-order valence-corrected chi connectivity index (χ1v) is 5.17. The Kier molecular flexibility index (Phi) is 2.32. The van der Waals surface area contributed by atoms with Gasteiger partial charge in [0.2, 0.25) is 0 Å². The highest BCUT2D eigenvalue weighted by atomic mass is 16.1. The molecule has 0 bridgehead atoms. The molecule has 0 amide bonds. The molecule has 2 rings (SSSR count). The molecule has 0 spiro atoms. The highest BCUT2D eigenvalue weighted by molar-refractivity contribution is 6.02. The van der Waals surface area contributed by atoms with E-state index in [4.69, 9.17) is 5.26 Å². The molecule has 2 nitrogen and oxygen atoms in total. The maximum absolute atomic E-state index is 11.9. The van der Waals surface area contributed by atoms with Crippen LogP contribution < -0.4 is 0 Å². The number of nitriles is 1. The van der Waals surface area contributed by atoms with E-state index in [1.807, 2.05) is 19.9 Å². The molecule has 1 unspecified atom stereocenters. The zero-order valence-corrected chi connectivity index (χ0v) is 9.00. The molecule has 0 fully saturated rings. The fourth-order valence-corrected chi connectivity index (χ4v) is 2.28. The smallest absolute Gasteiger partial charge is 0.180 e. The van der Waals surface area contributed by atoms with E-state index in [0.717, 1.165) is 23.1 Å². The van der Waals surface area contributed by atoms with Crippen molar-refractivity contribution in [2.75, 3.05) is 0 Å². The monoisotopic (exact) mass is 199 g/mol. The highest BCUT2D eigenvalue weighted by Gasteiger charge is 2.28. The van der Waals surface area contributed by atoms with Gasteiger partial charge in [-0.05, 0) is 43.9 Å². The second-order valence-corrected chi connectivity index (χ2v) is 4.19. The summed E-state index contributed by atoms with van der Waals surface area (Å²) in [5.74, 6) is -0.427. The molecule has 0 aliphatic heterocycles. The normalized spacial score (nSPS) is 19.5. The molecule has 0 saturated heterocycles. The number of nitrogens with zero attached hydrogens (tertiary/aromatic N) is 1. The SMILES string of the molecule is Cc1cc(C)c2c(c1)C(=O)C(C#N)CC2. The van der Waals surface area contributed by atoms with Crippen LogP contribution in [-0.2, 0) is 6.42 Å². The van der Waals surface area contributed by atoms with Gasteiger partial charge >= 0.3 is 0 Å². The predicted molar refractivity (Wildman–Crippen MR) is 57.7 cm³/mol. The summed E-state index contributed by atoms with van der Waals surface area (Å²) >= 11 is 0. The van der Waals surface area contributed by atoms with Crippen molar-refractivity contribution in [1.29, 1.82) is 5.26 Å². The van der Waals surface area contributed by atoms with Gasteiger partial charge < -0.3 is 0 Å².